The fourth-order valence-electron chi connectivity index (χ4n) is 2.75. The highest BCUT2D eigenvalue weighted by atomic mass is 35.5. The first-order chi connectivity index (χ1) is 10.6. The van der Waals surface area contributed by atoms with Crippen LogP contribution in [0.3, 0.4) is 0 Å². The van der Waals surface area contributed by atoms with Crippen LogP contribution < -0.4 is 4.90 Å². The van der Waals surface area contributed by atoms with Gasteiger partial charge in [0.1, 0.15) is 11.0 Å². The highest BCUT2D eigenvalue weighted by molar-refractivity contribution is 6.29. The first-order valence-corrected chi connectivity index (χ1v) is 8.10. The molecule has 0 aliphatic carbocycles. The fourth-order valence-corrected chi connectivity index (χ4v) is 2.93. The summed E-state index contributed by atoms with van der Waals surface area (Å²) in [6, 6.07) is 12.4. The second kappa shape index (κ2) is 6.63. The minimum Gasteiger partial charge on any atom is -0.354 e. The van der Waals surface area contributed by atoms with E-state index in [-0.39, 0.29) is 0 Å². The minimum absolute atomic E-state index is 0.496. The molecule has 4 nitrogen and oxygen atoms in total. The van der Waals surface area contributed by atoms with E-state index >= 15 is 0 Å². The first-order valence-electron chi connectivity index (χ1n) is 7.72. The van der Waals surface area contributed by atoms with Crippen molar-refractivity contribution in [3.63, 3.8) is 0 Å². The van der Waals surface area contributed by atoms with E-state index in [9.17, 15) is 0 Å². The van der Waals surface area contributed by atoms with Crippen molar-refractivity contribution < 1.29 is 0 Å². The summed E-state index contributed by atoms with van der Waals surface area (Å²) in [5.74, 6) is 1.61. The van der Waals surface area contributed by atoms with Gasteiger partial charge in [0.15, 0.2) is 5.82 Å². The molecule has 0 atom stereocenters. The molecule has 1 aliphatic rings. The molecule has 2 aromatic rings. The van der Waals surface area contributed by atoms with E-state index in [1.54, 1.807) is 0 Å². The molecule has 1 saturated heterocycles. The molecule has 1 fully saturated rings. The topological polar surface area (TPSA) is 32.3 Å². The van der Waals surface area contributed by atoms with Crippen LogP contribution in [-0.2, 0) is 0 Å². The number of nitrogens with zero attached hydrogens (tertiary/aromatic N) is 4. The third kappa shape index (κ3) is 3.39. The zero-order chi connectivity index (χ0) is 15.5. The average molecular weight is 317 g/mol. The van der Waals surface area contributed by atoms with E-state index in [0.29, 0.717) is 17.0 Å². The molecular formula is C17H21ClN4. The van der Waals surface area contributed by atoms with Crippen LogP contribution in [0.15, 0.2) is 36.4 Å². The van der Waals surface area contributed by atoms with Gasteiger partial charge in [-0.15, -0.1) is 0 Å². The molecule has 22 heavy (non-hydrogen) atoms. The van der Waals surface area contributed by atoms with Crippen molar-refractivity contribution in [3.05, 3.63) is 41.6 Å². The van der Waals surface area contributed by atoms with Crippen molar-refractivity contribution in [2.75, 3.05) is 31.1 Å². The van der Waals surface area contributed by atoms with Gasteiger partial charge in [0.2, 0.25) is 0 Å². The van der Waals surface area contributed by atoms with E-state index in [1.165, 1.54) is 0 Å². The Kier molecular flexibility index (Phi) is 4.60. The Bertz CT molecular complexity index is 622. The van der Waals surface area contributed by atoms with Gasteiger partial charge < -0.3 is 4.90 Å². The fraction of sp³-hybridized carbons (Fsp3) is 0.412. The number of aromatic nitrogens is 2. The second-order valence-electron chi connectivity index (χ2n) is 5.86. The number of rotatable bonds is 3. The lowest BCUT2D eigenvalue weighted by atomic mass is 10.2. The van der Waals surface area contributed by atoms with Crippen LogP contribution in [-0.4, -0.2) is 47.1 Å². The smallest absolute Gasteiger partial charge is 0.163 e. The molecule has 1 aliphatic heterocycles. The molecule has 1 aromatic heterocycles. The molecule has 5 heteroatoms. The van der Waals surface area contributed by atoms with Gasteiger partial charge in [-0.3, -0.25) is 4.90 Å². The summed E-state index contributed by atoms with van der Waals surface area (Å²) in [6.07, 6.45) is 0. The van der Waals surface area contributed by atoms with Crippen LogP contribution in [0.1, 0.15) is 13.8 Å². The number of piperazine rings is 1. The van der Waals surface area contributed by atoms with Gasteiger partial charge in [0.25, 0.3) is 0 Å². The third-order valence-corrected chi connectivity index (χ3v) is 4.28. The lowest BCUT2D eigenvalue weighted by molar-refractivity contribution is 0.209. The van der Waals surface area contributed by atoms with E-state index in [4.69, 9.17) is 16.6 Å². The van der Waals surface area contributed by atoms with Crippen molar-refractivity contribution >= 4 is 17.4 Å². The van der Waals surface area contributed by atoms with E-state index in [1.807, 2.05) is 36.4 Å². The van der Waals surface area contributed by atoms with Crippen LogP contribution in [0.5, 0.6) is 0 Å². The van der Waals surface area contributed by atoms with Gasteiger partial charge in [0.05, 0.1) is 0 Å². The standard InChI is InChI=1S/C17H21ClN4/c1-13(2)21-8-10-22(11-9-21)16-12-15(18)19-17(20-16)14-6-4-3-5-7-14/h3-7,12-13H,8-11H2,1-2H3. The lowest BCUT2D eigenvalue weighted by Crippen LogP contribution is -2.49. The molecule has 116 valence electrons. The maximum absolute atomic E-state index is 6.21. The summed E-state index contributed by atoms with van der Waals surface area (Å²) in [7, 11) is 0. The summed E-state index contributed by atoms with van der Waals surface area (Å²) in [4.78, 5) is 13.8. The molecule has 0 radical (unpaired) electrons. The number of halogens is 1. The van der Waals surface area contributed by atoms with Crippen LogP contribution in [0.2, 0.25) is 5.15 Å². The average Bonchev–Trinajstić information content (AvgIpc) is 2.55. The lowest BCUT2D eigenvalue weighted by Gasteiger charge is -2.37. The van der Waals surface area contributed by atoms with Crippen LogP contribution in [0, 0.1) is 0 Å². The number of anilines is 1. The van der Waals surface area contributed by atoms with Crippen LogP contribution in [0.4, 0.5) is 5.82 Å². The van der Waals surface area contributed by atoms with Gasteiger partial charge in [-0.1, -0.05) is 41.9 Å². The van der Waals surface area contributed by atoms with Gasteiger partial charge in [-0.2, -0.15) is 0 Å². The predicted octanol–water partition coefficient (Wildman–Crippen LogP) is 3.33. The molecule has 2 heterocycles. The van der Waals surface area contributed by atoms with Gasteiger partial charge in [-0.25, -0.2) is 9.97 Å². The van der Waals surface area contributed by atoms with Gasteiger partial charge >= 0.3 is 0 Å². The SMILES string of the molecule is CC(C)N1CCN(c2cc(Cl)nc(-c3ccccc3)n2)CC1. The van der Waals surface area contributed by atoms with Crippen molar-refractivity contribution in [1.29, 1.82) is 0 Å². The van der Waals surface area contributed by atoms with Crippen LogP contribution >= 0.6 is 11.6 Å². The number of hydrogen-bond donors (Lipinski definition) is 0. The Labute approximate surface area is 136 Å². The van der Waals surface area contributed by atoms with Gasteiger partial charge in [0, 0.05) is 43.9 Å². The molecule has 0 amide bonds. The minimum atomic E-state index is 0.496. The molecule has 0 N–H and O–H groups in total. The van der Waals surface area contributed by atoms with Gasteiger partial charge in [-0.05, 0) is 13.8 Å². The summed E-state index contributed by atoms with van der Waals surface area (Å²) < 4.78 is 0. The molecule has 1 aromatic carbocycles. The molecule has 0 saturated carbocycles. The number of hydrogen-bond acceptors (Lipinski definition) is 4. The van der Waals surface area contributed by atoms with E-state index in [2.05, 4.69) is 28.6 Å². The Balaban J connectivity index is 1.82. The third-order valence-electron chi connectivity index (χ3n) is 4.08. The Morgan fingerprint density at radius 2 is 1.68 bits per heavy atom. The maximum Gasteiger partial charge on any atom is 0.163 e. The van der Waals surface area contributed by atoms with Crippen LogP contribution in [0.25, 0.3) is 11.4 Å². The zero-order valence-electron chi connectivity index (χ0n) is 13.0. The largest absolute Gasteiger partial charge is 0.354 e. The molecule has 0 bridgehead atoms. The highest BCUT2D eigenvalue weighted by Crippen LogP contribution is 2.23. The van der Waals surface area contributed by atoms with Crippen molar-refractivity contribution in [2.24, 2.45) is 0 Å². The normalized spacial score (nSPS) is 16.3. The molecule has 0 spiro atoms. The molecule has 3 rings (SSSR count). The summed E-state index contributed by atoms with van der Waals surface area (Å²) >= 11 is 6.21. The van der Waals surface area contributed by atoms with E-state index in [0.717, 1.165) is 37.6 Å². The summed E-state index contributed by atoms with van der Waals surface area (Å²) in [6.45, 7) is 8.54. The highest BCUT2D eigenvalue weighted by Gasteiger charge is 2.20. The van der Waals surface area contributed by atoms with Crippen molar-refractivity contribution in [1.82, 2.24) is 14.9 Å². The Morgan fingerprint density at radius 3 is 2.32 bits per heavy atom. The van der Waals surface area contributed by atoms with E-state index < -0.39 is 0 Å². The molecular weight excluding hydrogens is 296 g/mol. The zero-order valence-corrected chi connectivity index (χ0v) is 13.8. The monoisotopic (exact) mass is 316 g/mol. The van der Waals surface area contributed by atoms with Crippen molar-refractivity contribution in [3.8, 4) is 11.4 Å². The summed E-state index contributed by atoms with van der Waals surface area (Å²) in [5.41, 5.74) is 0.993. The summed E-state index contributed by atoms with van der Waals surface area (Å²) in [5, 5.41) is 0.496. The molecule has 0 unspecified atom stereocenters. The Hall–Kier alpha value is -1.65. The predicted molar refractivity (Wildman–Crippen MR) is 91.4 cm³/mol. The van der Waals surface area contributed by atoms with Crippen molar-refractivity contribution in [2.45, 2.75) is 19.9 Å². The second-order valence-corrected chi connectivity index (χ2v) is 6.24. The maximum atomic E-state index is 6.21. The quantitative estimate of drug-likeness (QED) is 0.813. The first kappa shape index (κ1) is 15.3. The Morgan fingerprint density at radius 1 is 1.00 bits per heavy atom. The number of benzene rings is 1.